The molecule has 0 aromatic heterocycles. The molecule has 3 nitrogen and oxygen atoms in total. The minimum absolute atomic E-state index is 0. The molecular weight excluding hydrogens is 164 g/mol. The standard InChI is InChI=1S/C6H4NO2.2Na.2H/c8-7(9)6-4-2-1-3-5-6;;;;/h2-5H;;;;. The summed E-state index contributed by atoms with van der Waals surface area (Å²) >= 11 is 0. The zero-order chi connectivity index (χ0) is 6.69. The summed E-state index contributed by atoms with van der Waals surface area (Å²) in [6.45, 7) is 0. The molecule has 0 N–H and O–H groups in total. The third-order valence-corrected chi connectivity index (χ3v) is 0.911. The third-order valence-electron chi connectivity index (χ3n) is 0.911. The van der Waals surface area contributed by atoms with Gasteiger partial charge < -0.3 is 0 Å². The molecule has 1 rings (SSSR count). The van der Waals surface area contributed by atoms with Crippen LogP contribution in [0.5, 0.6) is 0 Å². The Kier molecular flexibility index (Phi) is 9.37. The fraction of sp³-hybridized carbons (Fsp3) is 0. The van der Waals surface area contributed by atoms with Gasteiger partial charge in [0.15, 0.2) is 0 Å². The molecule has 0 heterocycles. The summed E-state index contributed by atoms with van der Waals surface area (Å²) in [5, 5.41) is 9.99. The van der Waals surface area contributed by atoms with Gasteiger partial charge >= 0.3 is 59.1 Å². The number of nitro groups is 1. The molecule has 0 aliphatic rings. The van der Waals surface area contributed by atoms with E-state index in [4.69, 9.17) is 0 Å². The van der Waals surface area contributed by atoms with Crippen LogP contribution in [0.25, 0.3) is 0 Å². The quantitative estimate of drug-likeness (QED) is 0.340. The molecule has 0 bridgehead atoms. The average Bonchev–Trinajstić information content (AvgIpc) is 1.90. The van der Waals surface area contributed by atoms with Gasteiger partial charge in [0.25, 0.3) is 5.69 Å². The molecule has 11 heavy (non-hydrogen) atoms. The molecule has 1 radical (unpaired) electrons. The van der Waals surface area contributed by atoms with Gasteiger partial charge in [0.1, 0.15) is 0 Å². The van der Waals surface area contributed by atoms with Crippen LogP contribution in [0.3, 0.4) is 0 Å². The Labute approximate surface area is 109 Å². The number of nitro benzene ring substituents is 1. The van der Waals surface area contributed by atoms with E-state index in [1.54, 1.807) is 0 Å². The summed E-state index contributed by atoms with van der Waals surface area (Å²) in [6.07, 6.45) is 0. The van der Waals surface area contributed by atoms with Crippen molar-refractivity contribution in [2.24, 2.45) is 0 Å². The molecule has 1 aromatic rings. The van der Waals surface area contributed by atoms with E-state index < -0.39 is 4.92 Å². The molecule has 0 fully saturated rings. The van der Waals surface area contributed by atoms with Crippen LogP contribution in [0.15, 0.2) is 24.3 Å². The van der Waals surface area contributed by atoms with Crippen molar-refractivity contribution >= 4 is 64.8 Å². The fourth-order valence-corrected chi connectivity index (χ4v) is 0.500. The van der Waals surface area contributed by atoms with Gasteiger partial charge in [-0.05, 0) is 18.2 Å². The second-order valence-corrected chi connectivity index (χ2v) is 1.52. The number of hydrogen-bond acceptors (Lipinski definition) is 2. The van der Waals surface area contributed by atoms with Gasteiger partial charge in [-0.1, -0.05) is 0 Å². The summed E-state index contributed by atoms with van der Waals surface area (Å²) in [5.74, 6) is 0. The zero-order valence-corrected chi connectivity index (χ0v) is 4.57. The maximum atomic E-state index is 9.99. The first-order chi connectivity index (χ1) is 4.30. The molecular formula is C6H6NNa2O2. The van der Waals surface area contributed by atoms with Gasteiger partial charge in [0, 0.05) is 12.1 Å². The van der Waals surface area contributed by atoms with Crippen LogP contribution < -0.4 is 0 Å². The predicted octanol–water partition coefficient (Wildman–Crippen LogP) is 0.0980. The number of non-ortho nitro benzene ring substituents is 1. The van der Waals surface area contributed by atoms with Crippen LogP contribution in [0.2, 0.25) is 0 Å². The Bertz CT molecular complexity index is 215. The van der Waals surface area contributed by atoms with Crippen molar-refractivity contribution in [3.8, 4) is 0 Å². The van der Waals surface area contributed by atoms with Crippen LogP contribution in [-0.2, 0) is 0 Å². The van der Waals surface area contributed by atoms with Crippen molar-refractivity contribution in [1.82, 2.24) is 0 Å². The molecule has 0 amide bonds. The van der Waals surface area contributed by atoms with E-state index in [1.807, 2.05) is 0 Å². The monoisotopic (exact) mass is 170 g/mol. The molecule has 1 aromatic carbocycles. The SMILES string of the molecule is O=[N+]([O-])c1cc[c]cc1.[NaH].[NaH]. The molecule has 0 aliphatic heterocycles. The van der Waals surface area contributed by atoms with Crippen molar-refractivity contribution in [1.29, 1.82) is 0 Å². The minimum atomic E-state index is -0.437. The van der Waals surface area contributed by atoms with Gasteiger partial charge in [-0.15, -0.1) is 0 Å². The maximum absolute atomic E-state index is 9.99. The van der Waals surface area contributed by atoms with Gasteiger partial charge in [-0.2, -0.15) is 0 Å². The van der Waals surface area contributed by atoms with E-state index >= 15 is 0 Å². The van der Waals surface area contributed by atoms with E-state index in [2.05, 4.69) is 6.07 Å². The van der Waals surface area contributed by atoms with Crippen molar-refractivity contribution in [2.75, 3.05) is 0 Å². The van der Waals surface area contributed by atoms with Gasteiger partial charge in [-0.3, -0.25) is 10.1 Å². The van der Waals surface area contributed by atoms with Crippen LogP contribution in [0.4, 0.5) is 5.69 Å². The Morgan fingerprint density at radius 3 is 2.00 bits per heavy atom. The predicted molar refractivity (Wildman–Crippen MR) is 46.2 cm³/mol. The molecule has 0 saturated carbocycles. The summed E-state index contributed by atoms with van der Waals surface area (Å²) in [6, 6.07) is 8.51. The van der Waals surface area contributed by atoms with E-state index in [0.29, 0.717) is 0 Å². The topological polar surface area (TPSA) is 43.1 Å². The number of rotatable bonds is 1. The van der Waals surface area contributed by atoms with Crippen molar-refractivity contribution in [3.63, 3.8) is 0 Å². The van der Waals surface area contributed by atoms with Gasteiger partial charge in [-0.25, -0.2) is 0 Å². The second kappa shape index (κ2) is 7.28. The Morgan fingerprint density at radius 2 is 1.73 bits per heavy atom. The van der Waals surface area contributed by atoms with E-state index in [-0.39, 0.29) is 64.8 Å². The number of benzene rings is 1. The summed E-state index contributed by atoms with van der Waals surface area (Å²) in [4.78, 5) is 9.56. The molecule has 0 spiro atoms. The number of nitrogens with zero attached hydrogens (tertiary/aromatic N) is 1. The summed E-state index contributed by atoms with van der Waals surface area (Å²) in [5.41, 5.74) is 0.105. The fourth-order valence-electron chi connectivity index (χ4n) is 0.500. The van der Waals surface area contributed by atoms with E-state index in [0.717, 1.165) is 0 Å². The Hall–Kier alpha value is 0.620. The molecule has 49 valence electrons. The number of hydrogen-bond donors (Lipinski definition) is 0. The van der Waals surface area contributed by atoms with Crippen LogP contribution in [0, 0.1) is 16.2 Å². The van der Waals surface area contributed by atoms with Gasteiger partial charge in [0.2, 0.25) is 0 Å². The van der Waals surface area contributed by atoms with Gasteiger partial charge in [0.05, 0.1) is 4.92 Å². The van der Waals surface area contributed by atoms with Crippen molar-refractivity contribution in [2.45, 2.75) is 0 Å². The summed E-state index contributed by atoms with van der Waals surface area (Å²) < 4.78 is 0. The summed E-state index contributed by atoms with van der Waals surface area (Å²) in [7, 11) is 0. The van der Waals surface area contributed by atoms with Crippen molar-refractivity contribution < 1.29 is 4.92 Å². The first-order valence-electron chi connectivity index (χ1n) is 2.41. The zero-order valence-electron chi connectivity index (χ0n) is 4.57. The Balaban J connectivity index is 0. The first-order valence-corrected chi connectivity index (χ1v) is 2.41. The molecule has 0 saturated heterocycles. The third kappa shape index (κ3) is 4.95. The molecule has 5 heteroatoms. The normalized spacial score (nSPS) is 7.27. The van der Waals surface area contributed by atoms with E-state index in [9.17, 15) is 10.1 Å². The molecule has 0 unspecified atom stereocenters. The molecule has 0 atom stereocenters. The van der Waals surface area contributed by atoms with E-state index in [1.165, 1.54) is 24.3 Å². The van der Waals surface area contributed by atoms with Crippen LogP contribution in [-0.4, -0.2) is 64.0 Å². The van der Waals surface area contributed by atoms with Crippen LogP contribution in [0.1, 0.15) is 0 Å². The van der Waals surface area contributed by atoms with Crippen LogP contribution >= 0.6 is 0 Å². The Morgan fingerprint density at radius 1 is 1.27 bits per heavy atom. The van der Waals surface area contributed by atoms with Crippen molar-refractivity contribution in [3.05, 3.63) is 40.4 Å². The first kappa shape index (κ1) is 14.2. The molecule has 0 aliphatic carbocycles. The average molecular weight is 170 g/mol. The second-order valence-electron chi connectivity index (χ2n) is 1.52.